The van der Waals surface area contributed by atoms with Gasteiger partial charge in [-0.1, -0.05) is 50.1 Å². The van der Waals surface area contributed by atoms with Gasteiger partial charge in [-0.15, -0.1) is 0 Å². The van der Waals surface area contributed by atoms with Crippen LogP contribution in [0.25, 0.3) is 0 Å². The van der Waals surface area contributed by atoms with E-state index >= 15 is 0 Å². The molecule has 3 amide bonds. The van der Waals surface area contributed by atoms with Gasteiger partial charge in [0.25, 0.3) is 5.91 Å². The Hall–Kier alpha value is -2.30. The normalized spacial score (nSPS) is 20.8. The van der Waals surface area contributed by atoms with E-state index in [-0.39, 0.29) is 18.0 Å². The number of amides is 3. The van der Waals surface area contributed by atoms with Gasteiger partial charge in [0, 0.05) is 6.54 Å². The number of rotatable bonds is 5. The number of hydrogen-bond donors (Lipinski definition) is 2. The third-order valence-corrected chi connectivity index (χ3v) is 4.18. The zero-order valence-corrected chi connectivity index (χ0v) is 12.8. The van der Waals surface area contributed by atoms with Crippen LogP contribution in [0.2, 0.25) is 0 Å². The smallest absolute Gasteiger partial charge is 0.319 e. The Bertz CT molecular complexity index is 610. The van der Waals surface area contributed by atoms with Crippen LogP contribution in [0.3, 0.4) is 0 Å². The predicted octanol–water partition coefficient (Wildman–Crippen LogP) is 2.33. The maximum Gasteiger partial charge on any atom is 0.319 e. The van der Waals surface area contributed by atoms with E-state index in [2.05, 4.69) is 17.6 Å². The summed E-state index contributed by atoms with van der Waals surface area (Å²) in [5.41, 5.74) is 2.37. The first-order valence-corrected chi connectivity index (χ1v) is 7.85. The van der Waals surface area contributed by atoms with Gasteiger partial charge in [-0.2, -0.15) is 0 Å². The number of carbonyl (C=O) groups excluding carboxylic acids is 2. The lowest BCUT2D eigenvalue weighted by Crippen LogP contribution is -2.44. The molecule has 0 fully saturated rings. The standard InChI is InChI=1S/C17H21N3O2/c1-2-3-7-10-20-11-13-14(16(20)21)15(19-17(22)18-13)12-8-5-4-6-9-12/h4-6,8-9,15H,2-3,7,10-11H2,1H3,(H2,18,19,22)/t15-/m0/s1. The summed E-state index contributed by atoms with van der Waals surface area (Å²) in [7, 11) is 0. The molecule has 0 unspecified atom stereocenters. The highest BCUT2D eigenvalue weighted by Crippen LogP contribution is 2.32. The molecular weight excluding hydrogens is 278 g/mol. The van der Waals surface area contributed by atoms with Crippen molar-refractivity contribution in [1.82, 2.24) is 15.5 Å². The molecule has 3 rings (SSSR count). The number of urea groups is 1. The number of nitrogens with one attached hydrogen (secondary N) is 2. The largest absolute Gasteiger partial charge is 0.333 e. The van der Waals surface area contributed by atoms with Crippen molar-refractivity contribution in [2.45, 2.75) is 32.2 Å². The number of hydrogen-bond acceptors (Lipinski definition) is 2. The fourth-order valence-electron chi connectivity index (χ4n) is 3.06. The van der Waals surface area contributed by atoms with Crippen LogP contribution >= 0.6 is 0 Å². The van der Waals surface area contributed by atoms with Crippen molar-refractivity contribution in [3.05, 3.63) is 47.2 Å². The van der Waals surface area contributed by atoms with Gasteiger partial charge in [0.1, 0.15) is 0 Å². The van der Waals surface area contributed by atoms with Gasteiger partial charge in [-0.25, -0.2) is 4.79 Å². The lowest BCUT2D eigenvalue weighted by atomic mass is 9.96. The zero-order chi connectivity index (χ0) is 15.5. The molecule has 0 radical (unpaired) electrons. The van der Waals surface area contributed by atoms with E-state index in [1.54, 1.807) is 0 Å². The lowest BCUT2D eigenvalue weighted by molar-refractivity contribution is -0.125. The summed E-state index contributed by atoms with van der Waals surface area (Å²) in [6.07, 6.45) is 3.24. The molecule has 0 saturated carbocycles. The number of carbonyl (C=O) groups is 2. The third-order valence-electron chi connectivity index (χ3n) is 4.18. The first-order chi connectivity index (χ1) is 10.7. The van der Waals surface area contributed by atoms with E-state index in [1.807, 2.05) is 35.2 Å². The highest BCUT2D eigenvalue weighted by atomic mass is 16.2. The maximum absolute atomic E-state index is 12.7. The molecule has 2 aliphatic rings. The zero-order valence-electron chi connectivity index (χ0n) is 12.8. The second kappa shape index (κ2) is 6.22. The van der Waals surface area contributed by atoms with Gasteiger partial charge in [0.2, 0.25) is 0 Å². The summed E-state index contributed by atoms with van der Waals surface area (Å²) in [5, 5.41) is 5.66. The molecule has 1 aromatic rings. The first kappa shape index (κ1) is 14.6. The van der Waals surface area contributed by atoms with Crippen molar-refractivity contribution in [3.63, 3.8) is 0 Å². The van der Waals surface area contributed by atoms with Gasteiger partial charge in [-0.05, 0) is 12.0 Å². The Morgan fingerprint density at radius 1 is 1.18 bits per heavy atom. The highest BCUT2D eigenvalue weighted by molar-refractivity contribution is 6.01. The Balaban J connectivity index is 1.83. The van der Waals surface area contributed by atoms with Crippen LogP contribution in [-0.4, -0.2) is 29.9 Å². The van der Waals surface area contributed by atoms with Crippen molar-refractivity contribution in [1.29, 1.82) is 0 Å². The molecule has 1 atom stereocenters. The van der Waals surface area contributed by atoms with Crippen molar-refractivity contribution in [2.75, 3.05) is 13.1 Å². The molecule has 1 aromatic carbocycles. The van der Waals surface area contributed by atoms with Crippen molar-refractivity contribution in [3.8, 4) is 0 Å². The summed E-state index contributed by atoms with van der Waals surface area (Å²) in [6.45, 7) is 3.40. The van der Waals surface area contributed by atoms with E-state index in [4.69, 9.17) is 0 Å². The molecule has 0 spiro atoms. The Labute approximate surface area is 130 Å². The fourth-order valence-corrected chi connectivity index (χ4v) is 3.06. The fraction of sp³-hybridized carbons (Fsp3) is 0.412. The SMILES string of the molecule is CCCCCN1CC2=C(C1=O)[C@H](c1ccccc1)NC(=O)N2. The van der Waals surface area contributed by atoms with E-state index in [0.29, 0.717) is 12.1 Å². The second-order valence-corrected chi connectivity index (χ2v) is 5.77. The van der Waals surface area contributed by atoms with Crippen LogP contribution < -0.4 is 10.6 Å². The van der Waals surface area contributed by atoms with Crippen molar-refractivity contribution in [2.24, 2.45) is 0 Å². The lowest BCUT2D eigenvalue weighted by Gasteiger charge is -2.25. The van der Waals surface area contributed by atoms with Crippen LogP contribution in [0, 0.1) is 0 Å². The minimum Gasteiger partial charge on any atom is -0.333 e. The van der Waals surface area contributed by atoms with Gasteiger partial charge < -0.3 is 15.5 Å². The Morgan fingerprint density at radius 2 is 1.95 bits per heavy atom. The van der Waals surface area contributed by atoms with Gasteiger partial charge >= 0.3 is 6.03 Å². The summed E-state index contributed by atoms with van der Waals surface area (Å²) in [4.78, 5) is 26.4. The summed E-state index contributed by atoms with van der Waals surface area (Å²) < 4.78 is 0. The molecular formula is C17H21N3O2. The molecule has 116 valence electrons. The van der Waals surface area contributed by atoms with Crippen LogP contribution in [-0.2, 0) is 4.79 Å². The summed E-state index contributed by atoms with van der Waals surface area (Å²) >= 11 is 0. The predicted molar refractivity (Wildman–Crippen MR) is 84.0 cm³/mol. The minimum absolute atomic E-state index is 0.0347. The van der Waals surface area contributed by atoms with Gasteiger partial charge in [0.05, 0.1) is 23.9 Å². The molecule has 2 heterocycles. The number of benzene rings is 1. The Morgan fingerprint density at radius 3 is 2.68 bits per heavy atom. The van der Waals surface area contributed by atoms with Crippen LogP contribution in [0.15, 0.2) is 41.6 Å². The van der Waals surface area contributed by atoms with Crippen LogP contribution in [0.5, 0.6) is 0 Å². The van der Waals surface area contributed by atoms with Crippen LogP contribution in [0.4, 0.5) is 4.79 Å². The Kier molecular flexibility index (Phi) is 4.13. The van der Waals surface area contributed by atoms with Gasteiger partial charge in [0.15, 0.2) is 0 Å². The summed E-state index contributed by atoms with van der Waals surface area (Å²) in [6, 6.07) is 9.05. The minimum atomic E-state index is -0.353. The molecule has 0 saturated heterocycles. The highest BCUT2D eigenvalue weighted by Gasteiger charge is 2.39. The van der Waals surface area contributed by atoms with E-state index in [1.165, 1.54) is 0 Å². The second-order valence-electron chi connectivity index (χ2n) is 5.77. The molecule has 5 heteroatoms. The van der Waals surface area contributed by atoms with E-state index in [0.717, 1.165) is 37.1 Å². The van der Waals surface area contributed by atoms with Crippen molar-refractivity contribution >= 4 is 11.9 Å². The molecule has 0 aromatic heterocycles. The average Bonchev–Trinajstić information content (AvgIpc) is 2.84. The number of unbranched alkanes of at least 4 members (excludes halogenated alkanes) is 2. The first-order valence-electron chi connectivity index (χ1n) is 7.85. The van der Waals surface area contributed by atoms with Crippen LogP contribution in [0.1, 0.15) is 37.8 Å². The molecule has 22 heavy (non-hydrogen) atoms. The van der Waals surface area contributed by atoms with E-state index < -0.39 is 0 Å². The molecule has 5 nitrogen and oxygen atoms in total. The van der Waals surface area contributed by atoms with Crippen molar-refractivity contribution < 1.29 is 9.59 Å². The molecule has 0 bridgehead atoms. The maximum atomic E-state index is 12.7. The monoisotopic (exact) mass is 299 g/mol. The van der Waals surface area contributed by atoms with Gasteiger partial charge in [-0.3, -0.25) is 4.79 Å². The average molecular weight is 299 g/mol. The number of nitrogens with zero attached hydrogens (tertiary/aromatic N) is 1. The quantitative estimate of drug-likeness (QED) is 0.820. The topological polar surface area (TPSA) is 61.4 Å². The van der Waals surface area contributed by atoms with E-state index in [9.17, 15) is 9.59 Å². The molecule has 2 N–H and O–H groups in total. The summed E-state index contributed by atoms with van der Waals surface area (Å²) in [5.74, 6) is 0.0347. The molecule has 0 aliphatic carbocycles. The molecule has 2 aliphatic heterocycles. The third kappa shape index (κ3) is 2.71.